The highest BCUT2D eigenvalue weighted by Gasteiger charge is 2.20. The van der Waals surface area contributed by atoms with Gasteiger partial charge in [0.1, 0.15) is 19.3 Å². The summed E-state index contributed by atoms with van der Waals surface area (Å²) in [4.78, 5) is 25.0. The number of rotatable bonds is 39. The molecular formula is C45H82NO7P. The van der Waals surface area contributed by atoms with Gasteiger partial charge in [-0.1, -0.05) is 164 Å². The molecule has 0 aliphatic rings. The van der Waals surface area contributed by atoms with Gasteiger partial charge in [-0.15, -0.1) is 0 Å². The van der Waals surface area contributed by atoms with Gasteiger partial charge >= 0.3 is 5.97 Å². The van der Waals surface area contributed by atoms with Gasteiger partial charge in [0.25, 0.3) is 7.82 Å². The van der Waals surface area contributed by atoms with Crippen LogP contribution < -0.4 is 4.89 Å². The molecule has 9 heteroatoms. The Kier molecular flexibility index (Phi) is 36.8. The Bertz CT molecular complexity index is 1050. The maximum absolute atomic E-state index is 12.6. The second-order valence-electron chi connectivity index (χ2n) is 15.3. The fourth-order valence-electron chi connectivity index (χ4n) is 5.52. The molecule has 2 atom stereocenters. The number of carbonyl (C=O) groups excluding carboxylic acids is 1. The normalized spacial score (nSPS) is 14.4. The number of quaternary nitrogens is 1. The minimum atomic E-state index is -4.54. The number of carbonyl (C=O) groups is 1. The average molecular weight is 780 g/mol. The van der Waals surface area contributed by atoms with E-state index in [0.717, 1.165) is 51.4 Å². The van der Waals surface area contributed by atoms with Crippen LogP contribution in [0.3, 0.4) is 0 Å². The molecule has 0 aliphatic heterocycles. The topological polar surface area (TPSA) is 94.1 Å². The van der Waals surface area contributed by atoms with Gasteiger partial charge in [0.2, 0.25) is 0 Å². The first-order valence-corrected chi connectivity index (χ1v) is 23.0. The summed E-state index contributed by atoms with van der Waals surface area (Å²) in [5.74, 6) is -0.391. The van der Waals surface area contributed by atoms with Gasteiger partial charge in [-0.3, -0.25) is 9.36 Å². The number of hydrogen-bond acceptors (Lipinski definition) is 7. The minimum Gasteiger partial charge on any atom is -0.756 e. The summed E-state index contributed by atoms with van der Waals surface area (Å²) in [6.45, 7) is 5.22. The summed E-state index contributed by atoms with van der Waals surface area (Å²) in [6, 6.07) is 0. The zero-order valence-electron chi connectivity index (χ0n) is 35.4. The van der Waals surface area contributed by atoms with Gasteiger partial charge in [0.15, 0.2) is 0 Å². The molecular weight excluding hydrogens is 697 g/mol. The summed E-state index contributed by atoms with van der Waals surface area (Å²) in [5, 5.41) is 0. The first kappa shape index (κ1) is 52.2. The maximum Gasteiger partial charge on any atom is 0.306 e. The van der Waals surface area contributed by atoms with E-state index in [1.54, 1.807) is 0 Å². The Morgan fingerprint density at radius 2 is 1.06 bits per heavy atom. The van der Waals surface area contributed by atoms with Gasteiger partial charge < -0.3 is 27.9 Å². The molecule has 0 aliphatic carbocycles. The van der Waals surface area contributed by atoms with E-state index in [0.29, 0.717) is 24.1 Å². The summed E-state index contributed by atoms with van der Waals surface area (Å²) in [7, 11) is 1.32. The predicted molar refractivity (Wildman–Crippen MR) is 226 cm³/mol. The molecule has 0 fully saturated rings. The first-order valence-electron chi connectivity index (χ1n) is 21.5. The van der Waals surface area contributed by atoms with Gasteiger partial charge in [-0.05, 0) is 51.4 Å². The summed E-state index contributed by atoms with van der Waals surface area (Å²) in [6.07, 6.45) is 46.7. The average Bonchev–Trinajstić information content (AvgIpc) is 3.12. The predicted octanol–water partition coefficient (Wildman–Crippen LogP) is 11.9. The van der Waals surface area contributed by atoms with Crippen LogP contribution in [0.25, 0.3) is 0 Å². The van der Waals surface area contributed by atoms with Crippen molar-refractivity contribution in [1.82, 2.24) is 0 Å². The SMILES string of the molecule is CC/C=C\C/C=C\C/C=C\C/C=C\C/C=C\CCCC(=O)OC(COCCCCCCCCCCCCCCCCC)COP(=O)([O-])OCC[N+](C)(C)C. The number of phosphoric ester groups is 1. The molecule has 0 spiro atoms. The standard InChI is InChI=1S/C45H82NO7P/c1-6-8-10-12-14-16-18-20-22-23-24-26-28-30-32-34-36-38-45(47)53-44(43-52-54(48,49)51-41-39-46(3,4)5)42-50-40-37-35-33-31-29-27-25-21-19-17-15-13-11-9-7-2/h8,10,14,16,20,22,24,26,30,32,44H,6-7,9,11-13,15,17-19,21,23,25,27-29,31,33-43H2,1-5H3/b10-8-,16-14-,22-20-,26-24-,32-30-. The largest absolute Gasteiger partial charge is 0.756 e. The van der Waals surface area contributed by atoms with Crippen LogP contribution in [0.4, 0.5) is 0 Å². The molecule has 2 unspecified atom stereocenters. The molecule has 54 heavy (non-hydrogen) atoms. The zero-order chi connectivity index (χ0) is 39.9. The third-order valence-electron chi connectivity index (χ3n) is 8.83. The van der Waals surface area contributed by atoms with Crippen molar-refractivity contribution in [3.05, 3.63) is 60.8 Å². The van der Waals surface area contributed by atoms with E-state index in [1.165, 1.54) is 83.5 Å². The minimum absolute atomic E-state index is 0.0141. The first-order chi connectivity index (χ1) is 26.1. The van der Waals surface area contributed by atoms with Crippen LogP contribution in [0.2, 0.25) is 0 Å². The zero-order valence-corrected chi connectivity index (χ0v) is 36.3. The summed E-state index contributed by atoms with van der Waals surface area (Å²) >= 11 is 0. The van der Waals surface area contributed by atoms with Crippen molar-refractivity contribution in [2.24, 2.45) is 0 Å². The van der Waals surface area contributed by atoms with Gasteiger partial charge in [-0.2, -0.15) is 0 Å². The molecule has 0 bridgehead atoms. The van der Waals surface area contributed by atoms with Crippen LogP contribution in [0.5, 0.6) is 0 Å². The second kappa shape index (κ2) is 38.1. The molecule has 0 radical (unpaired) electrons. The number of nitrogens with zero attached hydrogens (tertiary/aromatic N) is 1. The van der Waals surface area contributed by atoms with Crippen LogP contribution in [0.15, 0.2) is 60.8 Å². The lowest BCUT2D eigenvalue weighted by atomic mass is 10.0. The monoisotopic (exact) mass is 780 g/mol. The van der Waals surface area contributed by atoms with Crippen LogP contribution in [-0.4, -0.2) is 70.7 Å². The fourth-order valence-corrected chi connectivity index (χ4v) is 6.25. The third-order valence-corrected chi connectivity index (χ3v) is 9.80. The van der Waals surface area contributed by atoms with Crippen LogP contribution in [-0.2, 0) is 27.9 Å². The van der Waals surface area contributed by atoms with E-state index in [2.05, 4.69) is 74.6 Å². The second-order valence-corrected chi connectivity index (χ2v) is 16.7. The Morgan fingerprint density at radius 1 is 0.593 bits per heavy atom. The Balaban J connectivity index is 4.35. The Hall–Kier alpha value is -1.80. The van der Waals surface area contributed by atoms with Crippen molar-refractivity contribution >= 4 is 13.8 Å². The van der Waals surface area contributed by atoms with Crippen LogP contribution in [0, 0.1) is 0 Å². The van der Waals surface area contributed by atoms with E-state index < -0.39 is 19.9 Å². The lowest BCUT2D eigenvalue weighted by Crippen LogP contribution is -2.37. The Labute approximate surface area is 332 Å². The van der Waals surface area contributed by atoms with Crippen LogP contribution >= 0.6 is 7.82 Å². The molecule has 0 saturated heterocycles. The lowest BCUT2D eigenvalue weighted by molar-refractivity contribution is -0.870. The highest BCUT2D eigenvalue weighted by Crippen LogP contribution is 2.38. The maximum atomic E-state index is 12.6. The quantitative estimate of drug-likeness (QED) is 0.0202. The highest BCUT2D eigenvalue weighted by molar-refractivity contribution is 7.45. The summed E-state index contributed by atoms with van der Waals surface area (Å²) in [5.41, 5.74) is 0. The van der Waals surface area contributed by atoms with Gasteiger partial charge in [-0.25, -0.2) is 0 Å². The van der Waals surface area contributed by atoms with E-state index in [4.69, 9.17) is 18.5 Å². The number of hydrogen-bond donors (Lipinski definition) is 0. The Morgan fingerprint density at radius 3 is 1.54 bits per heavy atom. The van der Waals surface area contributed by atoms with Crippen molar-refractivity contribution in [3.63, 3.8) is 0 Å². The third kappa shape index (κ3) is 41.4. The molecule has 0 aromatic carbocycles. The van der Waals surface area contributed by atoms with E-state index in [-0.39, 0.29) is 26.2 Å². The molecule has 0 aromatic heterocycles. The molecule has 0 saturated carbocycles. The van der Waals surface area contributed by atoms with Crippen molar-refractivity contribution < 1.29 is 37.3 Å². The van der Waals surface area contributed by atoms with E-state index >= 15 is 0 Å². The smallest absolute Gasteiger partial charge is 0.306 e. The molecule has 0 N–H and O–H groups in total. The number of ether oxygens (including phenoxy) is 2. The molecule has 0 rings (SSSR count). The van der Waals surface area contributed by atoms with Gasteiger partial charge in [0, 0.05) is 13.0 Å². The summed E-state index contributed by atoms with van der Waals surface area (Å²) < 4.78 is 34.5. The van der Waals surface area contributed by atoms with Crippen molar-refractivity contribution in [2.75, 3.05) is 54.1 Å². The van der Waals surface area contributed by atoms with Crippen molar-refractivity contribution in [2.45, 2.75) is 168 Å². The van der Waals surface area contributed by atoms with Crippen molar-refractivity contribution in [1.29, 1.82) is 0 Å². The number of esters is 1. The number of phosphoric acid groups is 1. The molecule has 8 nitrogen and oxygen atoms in total. The number of unbranched alkanes of at least 4 members (excludes halogenated alkanes) is 15. The van der Waals surface area contributed by atoms with Gasteiger partial charge in [0.05, 0.1) is 34.4 Å². The van der Waals surface area contributed by atoms with E-state index in [1.807, 2.05) is 21.1 Å². The van der Waals surface area contributed by atoms with E-state index in [9.17, 15) is 14.3 Å². The molecule has 314 valence electrons. The number of likely N-dealkylation sites (N-methyl/N-ethyl adjacent to an activating group) is 1. The highest BCUT2D eigenvalue weighted by atomic mass is 31.2. The van der Waals surface area contributed by atoms with Crippen LogP contribution in [0.1, 0.15) is 162 Å². The fraction of sp³-hybridized carbons (Fsp3) is 0.756. The van der Waals surface area contributed by atoms with Crippen molar-refractivity contribution in [3.8, 4) is 0 Å². The molecule has 0 amide bonds. The molecule has 0 aromatic rings. The lowest BCUT2D eigenvalue weighted by Gasteiger charge is -2.28. The molecule has 0 heterocycles. The number of allylic oxidation sites excluding steroid dienone is 10.